The summed E-state index contributed by atoms with van der Waals surface area (Å²) in [4.78, 5) is 0. The quantitative estimate of drug-likeness (QED) is 0.146. The Morgan fingerprint density at radius 1 is 0.780 bits per heavy atom. The summed E-state index contributed by atoms with van der Waals surface area (Å²) in [5.74, 6) is 2.54. The van der Waals surface area contributed by atoms with E-state index in [1.54, 1.807) is 17.2 Å². The van der Waals surface area contributed by atoms with Crippen LogP contribution in [0.2, 0.25) is 0 Å². The molecule has 0 N–H and O–H groups in total. The van der Waals surface area contributed by atoms with Crippen molar-refractivity contribution in [3.8, 4) is 0 Å². The average molecular weight is 1030 g/mol. The zero-order chi connectivity index (χ0) is 39.8. The van der Waals surface area contributed by atoms with Crippen molar-refractivity contribution in [3.63, 3.8) is 0 Å². The van der Waals surface area contributed by atoms with Crippen LogP contribution < -0.4 is 0 Å². The molecule has 0 radical (unpaired) electrons. The van der Waals surface area contributed by atoms with Gasteiger partial charge in [0.2, 0.25) is 0 Å². The van der Waals surface area contributed by atoms with Crippen LogP contribution in [0.15, 0.2) is 48.1 Å². The Balaban J connectivity index is 0. The van der Waals surface area contributed by atoms with Crippen molar-refractivity contribution < 1.29 is 0 Å². The molecule has 0 spiro atoms. The second kappa shape index (κ2) is 23.9. The topological polar surface area (TPSA) is 0 Å². The third-order valence-electron chi connectivity index (χ3n) is 13.1. The highest BCUT2D eigenvalue weighted by atomic mass is 127. The van der Waals surface area contributed by atoms with Crippen LogP contribution in [-0.2, 0) is 0 Å². The molecule has 0 saturated heterocycles. The van der Waals surface area contributed by atoms with Gasteiger partial charge in [-0.05, 0) is 137 Å². The Kier molecular flexibility index (Phi) is 25.5. The fraction of sp³-hybridized carbons (Fsp3) is 0.830. The second-order valence-corrected chi connectivity index (χ2v) is 21.5. The van der Waals surface area contributed by atoms with E-state index in [-0.39, 0.29) is 3.42 Å². The smallest absolute Gasteiger partial charge is 0.0475 e. The Hall–Kier alpha value is 1.15. The molecule has 4 fully saturated rings. The van der Waals surface area contributed by atoms with Crippen LogP contribution in [0.3, 0.4) is 0 Å². The molecule has 0 aromatic heterocycles. The lowest BCUT2D eigenvalue weighted by atomic mass is 9.34. The van der Waals surface area contributed by atoms with E-state index in [4.69, 9.17) is 0 Å². The van der Waals surface area contributed by atoms with Crippen LogP contribution >= 0.6 is 67.8 Å². The highest BCUT2D eigenvalue weighted by molar-refractivity contribution is 14.1. The number of allylic oxidation sites excluding steroid dienone is 6. The van der Waals surface area contributed by atoms with Gasteiger partial charge < -0.3 is 0 Å². The monoisotopic (exact) mass is 1030 g/mol. The van der Waals surface area contributed by atoms with Gasteiger partial charge in [0, 0.05) is 10.3 Å². The van der Waals surface area contributed by atoms with E-state index in [0.29, 0.717) is 23.1 Å². The molecule has 0 nitrogen and oxygen atoms in total. The van der Waals surface area contributed by atoms with Gasteiger partial charge >= 0.3 is 0 Å². The van der Waals surface area contributed by atoms with E-state index in [1.807, 2.05) is 76.2 Å². The Labute approximate surface area is 358 Å². The first-order chi connectivity index (χ1) is 23.6. The summed E-state index contributed by atoms with van der Waals surface area (Å²) in [6.45, 7) is 44.9. The minimum Gasteiger partial charge on any atom is -0.103 e. The Morgan fingerprint density at radius 3 is 1.80 bits per heavy atom. The van der Waals surface area contributed by atoms with Gasteiger partial charge in [-0.15, -0.1) is 6.58 Å². The fourth-order valence-electron chi connectivity index (χ4n) is 11.1. The van der Waals surface area contributed by atoms with E-state index >= 15 is 0 Å². The van der Waals surface area contributed by atoms with Crippen LogP contribution in [0.25, 0.3) is 0 Å². The van der Waals surface area contributed by atoms with Gasteiger partial charge in [0.1, 0.15) is 0 Å². The molecule has 8 unspecified atom stereocenters. The van der Waals surface area contributed by atoms with Crippen molar-refractivity contribution in [2.24, 2.45) is 34.0 Å². The number of alkyl halides is 3. The maximum Gasteiger partial charge on any atom is 0.0475 e. The van der Waals surface area contributed by atoms with Crippen LogP contribution in [0.5, 0.6) is 0 Å². The highest BCUT2D eigenvalue weighted by Gasteiger charge is 2.73. The summed E-state index contributed by atoms with van der Waals surface area (Å²) in [5.41, 5.74) is 5.90. The maximum atomic E-state index is 4.20. The van der Waals surface area contributed by atoms with E-state index in [0.717, 1.165) is 24.2 Å². The first-order valence-electron chi connectivity index (χ1n) is 21.3. The zero-order valence-electron chi connectivity index (χ0n) is 36.7. The minimum absolute atomic E-state index is 0.220. The highest BCUT2D eigenvalue weighted by Crippen LogP contribution is 2.79. The standard InChI is InChI=1S/C34H51I3.C3H6.5C2H6/c1-8-10-24(13-12-23(2)3)25-14-18-29(4)26-16-20-34(37)28-11-9-17-33(28,36)22-21-31(34,6)30(26,5)19-15-27(29)32(25,7)35;1-3-2;5*1-2/h13-14,26-28H,2,8-12,15-22H2,1,3-7H3;3H,1H2,2H3;5*1-2H3/b24-13+;;;;;;/t26?,27?,28?,29?,30?,31-,32?,33?,34?;;;;;;/m0....../s1. The van der Waals surface area contributed by atoms with Crippen LogP contribution in [0.1, 0.15) is 201 Å². The molecule has 9 atom stereocenters. The van der Waals surface area contributed by atoms with Crippen LogP contribution in [-0.4, -0.2) is 10.3 Å². The van der Waals surface area contributed by atoms with Crippen molar-refractivity contribution in [2.45, 2.75) is 211 Å². The summed E-state index contributed by atoms with van der Waals surface area (Å²) >= 11 is 8.92. The first kappa shape index (κ1) is 53.3. The number of hydrogen-bond donors (Lipinski definition) is 0. The molecule has 0 aromatic carbocycles. The van der Waals surface area contributed by atoms with Crippen molar-refractivity contribution >= 4 is 67.8 Å². The number of rotatable bonds is 5. The van der Waals surface area contributed by atoms with E-state index in [9.17, 15) is 0 Å². The van der Waals surface area contributed by atoms with E-state index in [2.05, 4.69) is 135 Å². The Bertz CT molecular complexity index is 1050. The molecule has 4 saturated carbocycles. The molecule has 0 amide bonds. The maximum absolute atomic E-state index is 4.20. The molecule has 5 rings (SSSR count). The lowest BCUT2D eigenvalue weighted by Gasteiger charge is -2.74. The molecular weight excluding hydrogens is 945 g/mol. The van der Waals surface area contributed by atoms with Gasteiger partial charge in [-0.25, -0.2) is 0 Å². The van der Waals surface area contributed by atoms with E-state index in [1.165, 1.54) is 82.6 Å². The van der Waals surface area contributed by atoms with Gasteiger partial charge in [0.05, 0.1) is 0 Å². The predicted molar refractivity (Wildman–Crippen MR) is 260 cm³/mol. The van der Waals surface area contributed by atoms with Gasteiger partial charge in [-0.3, -0.25) is 0 Å². The lowest BCUT2D eigenvalue weighted by Crippen LogP contribution is -2.70. The normalized spacial score (nSPS) is 38.9. The Morgan fingerprint density at radius 2 is 1.30 bits per heavy atom. The molecule has 0 aromatic rings. The van der Waals surface area contributed by atoms with Gasteiger partial charge in [0.25, 0.3) is 0 Å². The molecule has 0 heterocycles. The third kappa shape index (κ3) is 10.3. The second-order valence-electron chi connectivity index (χ2n) is 15.2. The van der Waals surface area contributed by atoms with Gasteiger partial charge in [-0.2, -0.15) is 0 Å². The minimum atomic E-state index is 0.220. The van der Waals surface area contributed by atoms with Crippen LogP contribution in [0.4, 0.5) is 0 Å². The first-order valence-corrected chi connectivity index (χ1v) is 24.5. The molecule has 50 heavy (non-hydrogen) atoms. The lowest BCUT2D eigenvalue weighted by molar-refractivity contribution is -0.186. The molecule has 3 heteroatoms. The molecule has 5 aliphatic carbocycles. The molecule has 0 aliphatic heterocycles. The fourth-order valence-corrected chi connectivity index (χ4v) is 16.8. The van der Waals surface area contributed by atoms with Crippen molar-refractivity contribution in [3.05, 3.63) is 48.1 Å². The summed E-state index contributed by atoms with van der Waals surface area (Å²) in [5, 5.41) is 0. The van der Waals surface area contributed by atoms with Gasteiger partial charge in [0.15, 0.2) is 0 Å². The average Bonchev–Trinajstić information content (AvgIpc) is 3.52. The zero-order valence-corrected chi connectivity index (χ0v) is 43.2. The number of fused-ring (bicyclic) bond motifs is 7. The number of hydrogen-bond acceptors (Lipinski definition) is 0. The molecular formula is C47H87I3. The SMILES string of the molecule is C=C(C)C/C=C(\CCC)C1=CCC2(C)C(CCC3(C)C2CCC2(I)C4CCCC4(I)CC[C@@]32C)C1(C)I.C=CC.CC.CC.CC.CC.CC. The summed E-state index contributed by atoms with van der Waals surface area (Å²) in [6.07, 6.45) is 24.8. The van der Waals surface area contributed by atoms with Gasteiger partial charge in [-0.1, -0.05) is 208 Å². The summed E-state index contributed by atoms with van der Waals surface area (Å²) < 4.78 is 1.28. The van der Waals surface area contributed by atoms with Crippen LogP contribution in [0, 0.1) is 34.0 Å². The van der Waals surface area contributed by atoms with E-state index < -0.39 is 0 Å². The van der Waals surface area contributed by atoms with Crippen molar-refractivity contribution in [1.29, 1.82) is 0 Å². The van der Waals surface area contributed by atoms with Crippen molar-refractivity contribution in [1.82, 2.24) is 0 Å². The third-order valence-corrected chi connectivity index (χ3v) is 18.7. The molecule has 5 aliphatic rings. The summed E-state index contributed by atoms with van der Waals surface area (Å²) in [7, 11) is 0. The summed E-state index contributed by atoms with van der Waals surface area (Å²) in [6, 6.07) is 0. The van der Waals surface area contributed by atoms with Crippen molar-refractivity contribution in [2.75, 3.05) is 0 Å². The largest absolute Gasteiger partial charge is 0.103 e. The number of halogens is 3. The predicted octanol–water partition coefficient (Wildman–Crippen LogP) is 18.3. The molecule has 0 bridgehead atoms. The molecule has 296 valence electrons.